The fraction of sp³-hybridized carbons (Fsp3) is 0.600. The molecular weight excluding hydrogens is 342 g/mol. The van der Waals surface area contributed by atoms with Crippen LogP contribution in [-0.2, 0) is 28.2 Å². The molecule has 0 bridgehead atoms. The number of hydrogen-bond acceptors (Lipinski definition) is 5. The summed E-state index contributed by atoms with van der Waals surface area (Å²) < 4.78 is 7.65. The Hall–Kier alpha value is -2.12. The first-order chi connectivity index (χ1) is 12.9. The summed E-state index contributed by atoms with van der Waals surface area (Å²) in [6, 6.07) is 0. The topological polar surface area (TPSA) is 62.6 Å². The van der Waals surface area contributed by atoms with Crippen molar-refractivity contribution in [3.63, 3.8) is 0 Å². The molecule has 1 atom stereocenters. The predicted octanol–water partition coefficient (Wildman–Crippen LogP) is 1.92. The molecule has 1 amide bonds. The van der Waals surface area contributed by atoms with Gasteiger partial charge in [-0.2, -0.15) is 5.10 Å². The zero-order chi connectivity index (χ0) is 19.1. The van der Waals surface area contributed by atoms with Crippen molar-refractivity contribution < 1.29 is 9.53 Å². The van der Waals surface area contributed by atoms with Crippen molar-refractivity contribution in [2.45, 2.75) is 57.8 Å². The summed E-state index contributed by atoms with van der Waals surface area (Å²) in [6.07, 6.45) is 12.1. The predicted molar refractivity (Wildman–Crippen MR) is 102 cm³/mol. The largest absolute Gasteiger partial charge is 0.373 e. The summed E-state index contributed by atoms with van der Waals surface area (Å²) in [6.45, 7) is 9.90. The molecule has 4 rings (SSSR count). The highest BCUT2D eigenvalue weighted by Gasteiger charge is 2.38. The molecule has 7 nitrogen and oxygen atoms in total. The number of fused-ring (bicyclic) bond motifs is 1. The summed E-state index contributed by atoms with van der Waals surface area (Å²) in [5.74, 6) is 0.00781. The van der Waals surface area contributed by atoms with Crippen LogP contribution < -0.4 is 5.43 Å². The standard InChI is InChI=1S/C20H29N5O2/c1-19(2)7-6-9-23(19)14-18(26)22-25-10-5-4-8-20(25,3)16-13-21-24-11-12-27-15-17(16)24/h4-5,8,10,13H,6-7,9,11-12,14-15H2,1-3H3,(H,22,26). The Kier molecular flexibility index (Phi) is 4.60. The van der Waals surface area contributed by atoms with Gasteiger partial charge in [-0.15, -0.1) is 0 Å². The number of nitrogens with one attached hydrogen (secondary N) is 1. The van der Waals surface area contributed by atoms with Crippen molar-refractivity contribution in [2.75, 3.05) is 19.7 Å². The third-order valence-electron chi connectivity index (χ3n) is 6.10. The fourth-order valence-electron chi connectivity index (χ4n) is 4.28. The van der Waals surface area contributed by atoms with Crippen LogP contribution in [0.15, 0.2) is 30.6 Å². The van der Waals surface area contributed by atoms with E-state index in [-0.39, 0.29) is 11.4 Å². The van der Waals surface area contributed by atoms with Crippen LogP contribution in [0.4, 0.5) is 0 Å². The van der Waals surface area contributed by atoms with E-state index in [0.717, 1.165) is 37.2 Å². The summed E-state index contributed by atoms with van der Waals surface area (Å²) in [4.78, 5) is 15.1. The number of allylic oxidation sites excluding steroid dienone is 2. The Morgan fingerprint density at radius 3 is 2.93 bits per heavy atom. The Balaban J connectivity index is 1.53. The van der Waals surface area contributed by atoms with E-state index in [1.807, 2.05) is 34.2 Å². The first-order valence-electron chi connectivity index (χ1n) is 9.73. The first kappa shape index (κ1) is 18.3. The molecule has 4 heterocycles. The Labute approximate surface area is 160 Å². The highest BCUT2D eigenvalue weighted by atomic mass is 16.5. The van der Waals surface area contributed by atoms with Gasteiger partial charge in [0.15, 0.2) is 0 Å². The van der Waals surface area contributed by atoms with Crippen LogP contribution in [0.5, 0.6) is 0 Å². The summed E-state index contributed by atoms with van der Waals surface area (Å²) in [7, 11) is 0. The minimum Gasteiger partial charge on any atom is -0.373 e. The van der Waals surface area contributed by atoms with E-state index < -0.39 is 5.54 Å². The first-order valence-corrected chi connectivity index (χ1v) is 9.73. The van der Waals surface area contributed by atoms with Crippen LogP contribution in [0, 0.1) is 0 Å². The third-order valence-corrected chi connectivity index (χ3v) is 6.10. The van der Waals surface area contributed by atoms with Crippen molar-refractivity contribution in [2.24, 2.45) is 0 Å². The van der Waals surface area contributed by atoms with E-state index in [1.165, 1.54) is 0 Å². The molecule has 0 aliphatic carbocycles. The fourth-order valence-corrected chi connectivity index (χ4v) is 4.28. The molecule has 7 heteroatoms. The maximum atomic E-state index is 12.8. The molecule has 0 radical (unpaired) electrons. The van der Waals surface area contributed by atoms with Crippen LogP contribution in [-0.4, -0.2) is 50.8 Å². The van der Waals surface area contributed by atoms with Gasteiger partial charge < -0.3 is 4.74 Å². The number of rotatable bonds is 4. The lowest BCUT2D eigenvalue weighted by Gasteiger charge is -2.41. The van der Waals surface area contributed by atoms with Gasteiger partial charge in [0.2, 0.25) is 0 Å². The zero-order valence-electron chi connectivity index (χ0n) is 16.4. The lowest BCUT2D eigenvalue weighted by Crippen LogP contribution is -2.54. The molecule has 1 aromatic rings. The highest BCUT2D eigenvalue weighted by molar-refractivity contribution is 5.78. The van der Waals surface area contributed by atoms with Gasteiger partial charge in [0.05, 0.1) is 38.2 Å². The van der Waals surface area contributed by atoms with Gasteiger partial charge in [0, 0.05) is 17.3 Å². The summed E-state index contributed by atoms with van der Waals surface area (Å²) >= 11 is 0. The van der Waals surface area contributed by atoms with Crippen LogP contribution in [0.2, 0.25) is 0 Å². The average Bonchev–Trinajstić information content (AvgIpc) is 3.21. The highest BCUT2D eigenvalue weighted by Crippen LogP contribution is 2.35. The molecule has 1 unspecified atom stereocenters. The number of carbonyl (C=O) groups is 1. The third kappa shape index (κ3) is 3.30. The van der Waals surface area contributed by atoms with Crippen molar-refractivity contribution in [1.29, 1.82) is 0 Å². The molecule has 0 saturated carbocycles. The summed E-state index contributed by atoms with van der Waals surface area (Å²) in [5, 5.41) is 6.42. The van der Waals surface area contributed by atoms with E-state index in [9.17, 15) is 4.79 Å². The van der Waals surface area contributed by atoms with E-state index in [2.05, 4.69) is 42.3 Å². The van der Waals surface area contributed by atoms with Crippen molar-refractivity contribution in [3.8, 4) is 0 Å². The average molecular weight is 371 g/mol. The van der Waals surface area contributed by atoms with Crippen LogP contribution in [0.1, 0.15) is 44.9 Å². The van der Waals surface area contributed by atoms with Gasteiger partial charge in [-0.3, -0.25) is 24.8 Å². The molecule has 1 saturated heterocycles. The lowest BCUT2D eigenvalue weighted by atomic mass is 9.89. The van der Waals surface area contributed by atoms with E-state index in [0.29, 0.717) is 19.8 Å². The van der Waals surface area contributed by atoms with Crippen molar-refractivity contribution >= 4 is 5.91 Å². The smallest absolute Gasteiger partial charge is 0.252 e. The number of aromatic nitrogens is 2. The van der Waals surface area contributed by atoms with E-state index >= 15 is 0 Å². The van der Waals surface area contributed by atoms with Gasteiger partial charge >= 0.3 is 0 Å². The van der Waals surface area contributed by atoms with E-state index in [4.69, 9.17) is 4.74 Å². The van der Waals surface area contributed by atoms with Crippen LogP contribution in [0.3, 0.4) is 0 Å². The van der Waals surface area contributed by atoms with Gasteiger partial charge in [-0.1, -0.05) is 12.2 Å². The van der Waals surface area contributed by atoms with Crippen molar-refractivity contribution in [1.82, 2.24) is 25.1 Å². The Morgan fingerprint density at radius 2 is 2.15 bits per heavy atom. The molecule has 1 aromatic heterocycles. The zero-order valence-corrected chi connectivity index (χ0v) is 16.4. The maximum Gasteiger partial charge on any atom is 0.252 e. The second-order valence-electron chi connectivity index (χ2n) is 8.37. The van der Waals surface area contributed by atoms with Gasteiger partial charge in [0.25, 0.3) is 5.91 Å². The lowest BCUT2D eigenvalue weighted by molar-refractivity contribution is -0.128. The number of hydrazine groups is 1. The quantitative estimate of drug-likeness (QED) is 0.876. The Morgan fingerprint density at radius 1 is 1.30 bits per heavy atom. The number of likely N-dealkylation sites (tertiary alicyclic amines) is 1. The van der Waals surface area contributed by atoms with Crippen LogP contribution in [0.25, 0.3) is 0 Å². The van der Waals surface area contributed by atoms with E-state index in [1.54, 1.807) is 0 Å². The SMILES string of the molecule is CC1(C)CCCN1CC(=O)NN1C=CC=CC1(C)c1cnn2c1COCC2. The number of nitrogens with zero attached hydrogens (tertiary/aromatic N) is 4. The van der Waals surface area contributed by atoms with Gasteiger partial charge in [-0.05, 0) is 46.2 Å². The second-order valence-corrected chi connectivity index (χ2v) is 8.37. The molecule has 0 spiro atoms. The molecule has 3 aliphatic heterocycles. The molecule has 0 aromatic carbocycles. The molecule has 146 valence electrons. The molecule has 1 N–H and O–H groups in total. The molecular formula is C20H29N5O2. The minimum atomic E-state index is -0.501. The minimum absolute atomic E-state index is 0.00781. The maximum absolute atomic E-state index is 12.8. The normalized spacial score (nSPS) is 27.0. The van der Waals surface area contributed by atoms with Crippen molar-refractivity contribution in [3.05, 3.63) is 41.9 Å². The van der Waals surface area contributed by atoms with Gasteiger partial charge in [-0.25, -0.2) is 0 Å². The second kappa shape index (κ2) is 6.80. The molecule has 1 fully saturated rings. The number of hydrogen-bond donors (Lipinski definition) is 1. The number of ether oxygens (including phenoxy) is 1. The molecule has 27 heavy (non-hydrogen) atoms. The van der Waals surface area contributed by atoms with Crippen LogP contribution >= 0.6 is 0 Å². The molecule has 3 aliphatic rings. The number of amides is 1. The Bertz CT molecular complexity index is 781. The van der Waals surface area contributed by atoms with Gasteiger partial charge in [0.1, 0.15) is 5.54 Å². The number of carbonyl (C=O) groups excluding carboxylic acids is 1. The summed E-state index contributed by atoms with van der Waals surface area (Å²) in [5.41, 5.74) is 4.82. The monoisotopic (exact) mass is 371 g/mol.